The third kappa shape index (κ3) is 3.05. The van der Waals surface area contributed by atoms with Crippen LogP contribution in [-0.2, 0) is 5.41 Å². The molecule has 2 saturated carbocycles. The molecule has 35 heavy (non-hydrogen) atoms. The summed E-state index contributed by atoms with van der Waals surface area (Å²) in [4.78, 5) is 0. The van der Waals surface area contributed by atoms with Gasteiger partial charge in [-0.2, -0.15) is 0 Å². The van der Waals surface area contributed by atoms with E-state index in [1.165, 1.54) is 17.5 Å². The Bertz CT molecular complexity index is 1240. The van der Waals surface area contributed by atoms with E-state index >= 15 is 0 Å². The minimum atomic E-state index is -0.0877. The van der Waals surface area contributed by atoms with E-state index in [-0.39, 0.29) is 5.41 Å². The summed E-state index contributed by atoms with van der Waals surface area (Å²) in [7, 11) is 0. The molecule has 6 atom stereocenters. The lowest BCUT2D eigenvalue weighted by molar-refractivity contribution is 0.758. The van der Waals surface area contributed by atoms with Gasteiger partial charge in [-0.1, -0.05) is 121 Å². The van der Waals surface area contributed by atoms with Gasteiger partial charge in [0.15, 0.2) is 0 Å². The van der Waals surface area contributed by atoms with Crippen LogP contribution in [0.25, 0.3) is 5.57 Å². The number of hydrogen-bond acceptors (Lipinski definition) is 0. The lowest BCUT2D eigenvalue weighted by Crippen LogP contribution is -2.28. The fraction of sp³-hybridized carbons (Fsp3) is 0.429. The number of allylic oxidation sites excluding steroid dienone is 14. The molecule has 182 valence electrons. The van der Waals surface area contributed by atoms with Crippen molar-refractivity contribution in [3.8, 4) is 0 Å². The van der Waals surface area contributed by atoms with Gasteiger partial charge in [-0.15, -0.1) is 0 Å². The quantitative estimate of drug-likeness (QED) is 0.360. The fourth-order valence-electron chi connectivity index (χ4n) is 7.44. The predicted octanol–water partition coefficient (Wildman–Crippen LogP) is 9.55. The summed E-state index contributed by atoms with van der Waals surface area (Å²) in [5.74, 6) is 3.78. The first-order valence-corrected chi connectivity index (χ1v) is 14.4. The molecule has 6 unspecified atom stereocenters. The second kappa shape index (κ2) is 9.12. The van der Waals surface area contributed by atoms with Gasteiger partial charge in [0.1, 0.15) is 0 Å². The van der Waals surface area contributed by atoms with Gasteiger partial charge in [0.2, 0.25) is 0 Å². The maximum absolute atomic E-state index is 2.53. The normalized spacial score (nSPS) is 34.7. The van der Waals surface area contributed by atoms with Crippen LogP contribution < -0.4 is 0 Å². The zero-order chi connectivity index (χ0) is 24.9. The van der Waals surface area contributed by atoms with Crippen LogP contribution in [0.15, 0.2) is 101 Å². The van der Waals surface area contributed by atoms with Gasteiger partial charge >= 0.3 is 0 Å². The monoisotopic (exact) mass is 462 g/mol. The Morgan fingerprint density at radius 2 is 1.57 bits per heavy atom. The predicted molar refractivity (Wildman–Crippen MR) is 152 cm³/mol. The topological polar surface area (TPSA) is 0 Å². The van der Waals surface area contributed by atoms with E-state index in [2.05, 4.69) is 79.8 Å². The van der Waals surface area contributed by atoms with E-state index in [4.69, 9.17) is 0 Å². The van der Waals surface area contributed by atoms with Gasteiger partial charge in [-0.25, -0.2) is 0 Å². The largest absolute Gasteiger partial charge is 0.0807 e. The van der Waals surface area contributed by atoms with E-state index in [9.17, 15) is 0 Å². The molecular formula is C35H42. The summed E-state index contributed by atoms with van der Waals surface area (Å²) in [5, 5.41) is 0. The van der Waals surface area contributed by atoms with Crippen molar-refractivity contribution in [3.05, 3.63) is 112 Å². The van der Waals surface area contributed by atoms with Crippen LogP contribution in [0.2, 0.25) is 0 Å². The Balaban J connectivity index is 0.000000396. The molecule has 0 aliphatic heterocycles. The minimum absolute atomic E-state index is 0.0877. The molecule has 7 aliphatic rings. The lowest BCUT2D eigenvalue weighted by atomic mass is 9.67. The number of rotatable bonds is 0. The van der Waals surface area contributed by atoms with Crippen LogP contribution in [-0.4, -0.2) is 0 Å². The van der Waals surface area contributed by atoms with Gasteiger partial charge in [0, 0.05) is 0 Å². The molecule has 8 rings (SSSR count). The molecule has 0 heteroatoms. The number of benzene rings is 1. The zero-order valence-electron chi connectivity index (χ0n) is 22.7. The van der Waals surface area contributed by atoms with E-state index in [0.29, 0.717) is 0 Å². The van der Waals surface area contributed by atoms with Crippen molar-refractivity contribution in [3.63, 3.8) is 0 Å². The average molecular weight is 463 g/mol. The second-order valence-electron chi connectivity index (χ2n) is 10.00. The molecule has 0 aromatic heterocycles. The Morgan fingerprint density at radius 1 is 0.857 bits per heavy atom. The summed E-state index contributed by atoms with van der Waals surface area (Å²) >= 11 is 0. The molecule has 1 spiro atoms. The van der Waals surface area contributed by atoms with E-state index in [1.807, 2.05) is 41.5 Å². The Morgan fingerprint density at radius 3 is 2.37 bits per heavy atom. The van der Waals surface area contributed by atoms with Gasteiger partial charge in [-0.3, -0.25) is 0 Å². The number of fused-ring (bicyclic) bond motifs is 12. The van der Waals surface area contributed by atoms with Crippen molar-refractivity contribution < 1.29 is 0 Å². The first kappa shape index (κ1) is 24.1. The average Bonchev–Trinajstić information content (AvgIpc) is 3.83. The lowest BCUT2D eigenvalue weighted by Gasteiger charge is -2.34. The highest BCUT2D eigenvalue weighted by atomic mass is 14.6. The molecule has 0 heterocycles. The van der Waals surface area contributed by atoms with Crippen molar-refractivity contribution in [2.45, 2.75) is 66.7 Å². The molecule has 1 aromatic carbocycles. The van der Waals surface area contributed by atoms with Gasteiger partial charge in [-0.05, 0) is 87.0 Å². The maximum Gasteiger partial charge on any atom is 0.0718 e. The van der Waals surface area contributed by atoms with Crippen LogP contribution in [0.3, 0.4) is 0 Å². The molecule has 0 N–H and O–H groups in total. The summed E-state index contributed by atoms with van der Waals surface area (Å²) in [6, 6.07) is 9.34. The highest BCUT2D eigenvalue weighted by Crippen LogP contribution is 2.72. The van der Waals surface area contributed by atoms with Crippen molar-refractivity contribution in [1.82, 2.24) is 0 Å². The fourth-order valence-corrected chi connectivity index (χ4v) is 7.44. The molecule has 0 saturated heterocycles. The first-order valence-electron chi connectivity index (χ1n) is 14.4. The van der Waals surface area contributed by atoms with Crippen LogP contribution in [0.1, 0.15) is 72.4 Å². The first-order chi connectivity index (χ1) is 17.3. The molecule has 2 fully saturated rings. The van der Waals surface area contributed by atoms with Crippen LogP contribution >= 0.6 is 0 Å². The van der Waals surface area contributed by atoms with Gasteiger partial charge < -0.3 is 0 Å². The molecule has 0 bridgehead atoms. The van der Waals surface area contributed by atoms with Crippen molar-refractivity contribution in [1.29, 1.82) is 0 Å². The van der Waals surface area contributed by atoms with Gasteiger partial charge in [0.25, 0.3) is 0 Å². The highest BCUT2D eigenvalue weighted by Gasteiger charge is 2.62. The summed E-state index contributed by atoms with van der Waals surface area (Å²) in [5.41, 5.74) is 12.6. The third-order valence-corrected chi connectivity index (χ3v) is 8.84. The molecule has 7 aliphatic carbocycles. The Labute approximate surface area is 213 Å². The van der Waals surface area contributed by atoms with Crippen molar-refractivity contribution in [2.75, 3.05) is 0 Å². The van der Waals surface area contributed by atoms with E-state index < -0.39 is 0 Å². The Hall–Kier alpha value is -2.60. The number of hydrogen-bond donors (Lipinski definition) is 0. The molecular weight excluding hydrogens is 420 g/mol. The smallest absolute Gasteiger partial charge is 0.0718 e. The summed E-state index contributed by atoms with van der Waals surface area (Å²) in [6.45, 7) is 14.4. The summed E-state index contributed by atoms with van der Waals surface area (Å²) < 4.78 is 0. The molecule has 0 radical (unpaired) electrons. The molecule has 0 amide bonds. The van der Waals surface area contributed by atoms with Crippen molar-refractivity contribution in [2.24, 2.45) is 29.6 Å². The Kier molecular flexibility index (Phi) is 6.28. The molecule has 1 aromatic rings. The van der Waals surface area contributed by atoms with E-state index in [1.54, 1.807) is 33.4 Å². The SMILES string of the molecule is CC.CC.CC.CC1C2C=CC3=C(C4=CCC=CC=C4C34C3=C(c5ccccc54)C4CC4C=C3)C12. The highest BCUT2D eigenvalue weighted by molar-refractivity contribution is 5.94. The van der Waals surface area contributed by atoms with Crippen LogP contribution in [0.5, 0.6) is 0 Å². The van der Waals surface area contributed by atoms with E-state index in [0.717, 1.165) is 36.0 Å². The summed E-state index contributed by atoms with van der Waals surface area (Å²) in [6.07, 6.45) is 22.1. The third-order valence-electron chi connectivity index (χ3n) is 8.84. The zero-order valence-corrected chi connectivity index (χ0v) is 22.7. The van der Waals surface area contributed by atoms with Gasteiger partial charge in [0.05, 0.1) is 5.41 Å². The maximum atomic E-state index is 2.53. The van der Waals surface area contributed by atoms with Crippen LogP contribution in [0.4, 0.5) is 0 Å². The van der Waals surface area contributed by atoms with Crippen molar-refractivity contribution >= 4 is 5.57 Å². The van der Waals surface area contributed by atoms with Crippen LogP contribution in [0, 0.1) is 29.6 Å². The second-order valence-corrected chi connectivity index (χ2v) is 10.00. The standard InChI is InChI=1S/C29H24.3C2H6/c1-16-18-12-14-25-28(26(16)18)20-7-3-2-4-9-23(20)29(25)22-10-6-5-8-19(22)27-21-15-17(21)11-13-24(27)29;3*1-2/h2,4-14,16-18,21,26H,3,15H2,1H3;3*1-2H3. The minimum Gasteiger partial charge on any atom is -0.0807 e. The molecule has 0 nitrogen and oxygen atoms in total.